The van der Waals surface area contributed by atoms with E-state index in [1.54, 1.807) is 24.3 Å². The molecule has 0 heterocycles. The number of nitro groups is 1. The van der Waals surface area contributed by atoms with Gasteiger partial charge < -0.3 is 5.11 Å². The average molecular weight is 392 g/mol. The van der Waals surface area contributed by atoms with Crippen LogP contribution < -0.4 is 0 Å². The van der Waals surface area contributed by atoms with Crippen LogP contribution >= 0.6 is 0 Å². The molecule has 11 heteroatoms. The predicted molar refractivity (Wildman–Crippen MR) is 95.3 cm³/mol. The molecular formula is C16H16N4O6S. The lowest BCUT2D eigenvalue weighted by Crippen LogP contribution is -2.31. The fourth-order valence-corrected chi connectivity index (χ4v) is 3.17. The van der Waals surface area contributed by atoms with E-state index in [-0.39, 0.29) is 17.0 Å². The van der Waals surface area contributed by atoms with Gasteiger partial charge in [0.2, 0.25) is 0 Å². The van der Waals surface area contributed by atoms with Crippen LogP contribution in [0.25, 0.3) is 10.4 Å². The maximum Gasteiger partial charge on any atom is 0.297 e. The minimum Gasteiger partial charge on any atom is -0.390 e. The Morgan fingerprint density at radius 1 is 1.19 bits per heavy atom. The summed E-state index contributed by atoms with van der Waals surface area (Å²) in [5.74, 6) is 0. The van der Waals surface area contributed by atoms with Crippen molar-refractivity contribution in [3.8, 4) is 0 Å². The van der Waals surface area contributed by atoms with Crippen LogP contribution in [0.4, 0.5) is 5.69 Å². The first-order chi connectivity index (χ1) is 12.8. The number of non-ortho nitro benzene ring substituents is 1. The third-order valence-electron chi connectivity index (χ3n) is 3.66. The number of nitrogens with zero attached hydrogens (tertiary/aromatic N) is 4. The molecule has 142 valence electrons. The van der Waals surface area contributed by atoms with Crippen LogP contribution in [0, 0.1) is 10.1 Å². The van der Waals surface area contributed by atoms with Crippen LogP contribution in [0.2, 0.25) is 0 Å². The Morgan fingerprint density at radius 2 is 1.81 bits per heavy atom. The third-order valence-corrected chi connectivity index (χ3v) is 4.96. The molecule has 0 saturated carbocycles. The summed E-state index contributed by atoms with van der Waals surface area (Å²) in [6, 6.07) is 12.1. The van der Waals surface area contributed by atoms with Crippen molar-refractivity contribution in [2.75, 3.05) is 6.61 Å². The van der Waals surface area contributed by atoms with Gasteiger partial charge in [-0.3, -0.25) is 14.3 Å². The molecule has 0 bridgehead atoms. The van der Waals surface area contributed by atoms with Crippen molar-refractivity contribution in [3.05, 3.63) is 80.7 Å². The fraction of sp³-hybridized carbons (Fsp3) is 0.250. The van der Waals surface area contributed by atoms with Crippen molar-refractivity contribution < 1.29 is 22.6 Å². The zero-order chi connectivity index (χ0) is 19.9. The number of aliphatic hydroxyl groups excluding tert-OH is 1. The Kier molecular flexibility index (Phi) is 6.85. The molecule has 0 amide bonds. The van der Waals surface area contributed by atoms with Gasteiger partial charge in [0.1, 0.15) is 0 Å². The van der Waals surface area contributed by atoms with Crippen molar-refractivity contribution in [2.24, 2.45) is 5.11 Å². The van der Waals surface area contributed by atoms with E-state index in [0.717, 1.165) is 29.8 Å². The van der Waals surface area contributed by atoms with E-state index < -0.39 is 33.8 Å². The summed E-state index contributed by atoms with van der Waals surface area (Å²) < 4.78 is 29.1. The molecule has 0 aliphatic carbocycles. The summed E-state index contributed by atoms with van der Waals surface area (Å²) >= 11 is 0. The summed E-state index contributed by atoms with van der Waals surface area (Å²) in [5.41, 5.74) is 9.21. The van der Waals surface area contributed by atoms with Gasteiger partial charge in [-0.05, 0) is 29.6 Å². The molecule has 0 saturated heterocycles. The second-order valence-electron chi connectivity index (χ2n) is 5.52. The Bertz CT molecular complexity index is 927. The lowest BCUT2D eigenvalue weighted by Gasteiger charge is -2.18. The second-order valence-corrected chi connectivity index (χ2v) is 7.13. The Hall–Kier alpha value is -2.98. The minimum absolute atomic E-state index is 0.201. The smallest absolute Gasteiger partial charge is 0.297 e. The predicted octanol–water partition coefficient (Wildman–Crippen LogP) is 2.58. The second kappa shape index (κ2) is 9.10. The molecule has 2 atom stereocenters. The van der Waals surface area contributed by atoms with Gasteiger partial charge in [0.05, 0.1) is 28.6 Å². The topological polar surface area (TPSA) is 156 Å². The van der Waals surface area contributed by atoms with Gasteiger partial charge in [-0.2, -0.15) is 8.42 Å². The summed E-state index contributed by atoms with van der Waals surface area (Å²) in [6.07, 6.45) is -1.17. The van der Waals surface area contributed by atoms with Crippen molar-refractivity contribution in [3.63, 3.8) is 0 Å². The molecule has 0 aromatic heterocycles. The zero-order valence-corrected chi connectivity index (χ0v) is 14.8. The number of hydrogen-bond donors (Lipinski definition) is 1. The van der Waals surface area contributed by atoms with Gasteiger partial charge in [-0.25, -0.2) is 0 Å². The lowest BCUT2D eigenvalue weighted by molar-refractivity contribution is -0.384. The van der Waals surface area contributed by atoms with Gasteiger partial charge in [0.15, 0.2) is 0 Å². The molecule has 0 aliphatic heterocycles. The fourth-order valence-electron chi connectivity index (χ4n) is 2.25. The van der Waals surface area contributed by atoms with Crippen molar-refractivity contribution in [2.45, 2.75) is 23.5 Å². The van der Waals surface area contributed by atoms with Crippen LogP contribution in [0.3, 0.4) is 0 Å². The maximum atomic E-state index is 12.1. The first-order valence-electron chi connectivity index (χ1n) is 7.73. The van der Waals surface area contributed by atoms with Crippen molar-refractivity contribution in [1.29, 1.82) is 0 Å². The minimum atomic E-state index is -4.24. The van der Waals surface area contributed by atoms with Gasteiger partial charge in [0, 0.05) is 17.0 Å². The quantitative estimate of drug-likeness (QED) is 0.173. The van der Waals surface area contributed by atoms with E-state index in [1.165, 1.54) is 0 Å². The van der Waals surface area contributed by atoms with Crippen LogP contribution in [0.15, 0.2) is 64.6 Å². The molecule has 0 spiro atoms. The number of rotatable bonds is 9. The summed E-state index contributed by atoms with van der Waals surface area (Å²) in [4.78, 5) is 12.3. The SMILES string of the molecule is [N-]=[N+]=NC(Cc1ccccc1)C(O)COS(=O)(=O)c1ccc([N+](=O)[O-])cc1. The Balaban J connectivity index is 2.05. The van der Waals surface area contributed by atoms with Crippen LogP contribution in [0.1, 0.15) is 5.56 Å². The highest BCUT2D eigenvalue weighted by molar-refractivity contribution is 7.86. The lowest BCUT2D eigenvalue weighted by atomic mass is 10.0. The first kappa shape index (κ1) is 20.3. The van der Waals surface area contributed by atoms with Gasteiger partial charge in [-0.1, -0.05) is 35.4 Å². The van der Waals surface area contributed by atoms with E-state index in [9.17, 15) is 23.6 Å². The normalized spacial score (nSPS) is 13.4. The molecule has 2 rings (SSSR count). The molecule has 2 unspecified atom stereocenters. The first-order valence-corrected chi connectivity index (χ1v) is 9.14. The molecule has 0 radical (unpaired) electrons. The van der Waals surface area contributed by atoms with Gasteiger partial charge in [0.25, 0.3) is 15.8 Å². The largest absolute Gasteiger partial charge is 0.390 e. The van der Waals surface area contributed by atoms with Crippen molar-refractivity contribution in [1.82, 2.24) is 0 Å². The van der Waals surface area contributed by atoms with Gasteiger partial charge >= 0.3 is 0 Å². The Morgan fingerprint density at radius 3 is 2.37 bits per heavy atom. The highest BCUT2D eigenvalue weighted by Crippen LogP contribution is 2.18. The Labute approximate surface area is 154 Å². The summed E-state index contributed by atoms with van der Waals surface area (Å²) in [5, 5.41) is 24.3. The molecule has 10 nitrogen and oxygen atoms in total. The van der Waals surface area contributed by atoms with E-state index in [0.29, 0.717) is 0 Å². The monoisotopic (exact) mass is 392 g/mol. The van der Waals surface area contributed by atoms with E-state index in [1.807, 2.05) is 6.07 Å². The highest BCUT2D eigenvalue weighted by Gasteiger charge is 2.23. The molecular weight excluding hydrogens is 376 g/mol. The molecule has 1 N–H and O–H groups in total. The number of benzene rings is 2. The van der Waals surface area contributed by atoms with Crippen LogP contribution in [0.5, 0.6) is 0 Å². The van der Waals surface area contributed by atoms with Crippen LogP contribution in [-0.2, 0) is 20.7 Å². The van der Waals surface area contributed by atoms with E-state index in [4.69, 9.17) is 9.71 Å². The molecule has 0 fully saturated rings. The maximum absolute atomic E-state index is 12.1. The number of azide groups is 1. The average Bonchev–Trinajstić information content (AvgIpc) is 2.66. The third kappa shape index (κ3) is 5.76. The van der Waals surface area contributed by atoms with Crippen molar-refractivity contribution >= 4 is 15.8 Å². The van der Waals surface area contributed by atoms with Gasteiger partial charge in [-0.15, -0.1) is 0 Å². The molecule has 2 aromatic carbocycles. The molecule has 27 heavy (non-hydrogen) atoms. The van der Waals surface area contributed by atoms with E-state index in [2.05, 4.69) is 10.0 Å². The number of nitro benzene ring substituents is 1. The van der Waals surface area contributed by atoms with E-state index >= 15 is 0 Å². The summed E-state index contributed by atoms with van der Waals surface area (Å²) in [7, 11) is -4.24. The highest BCUT2D eigenvalue weighted by atomic mass is 32.2. The zero-order valence-electron chi connectivity index (χ0n) is 14.0. The van der Waals surface area contributed by atoms with Crippen LogP contribution in [-0.4, -0.2) is 37.2 Å². The summed E-state index contributed by atoms with van der Waals surface area (Å²) in [6.45, 7) is -0.629. The number of aliphatic hydroxyl groups is 1. The molecule has 2 aromatic rings. The number of hydrogen-bond acceptors (Lipinski definition) is 7. The standard InChI is InChI=1S/C16H16N4O6S/c17-19-18-15(10-12-4-2-1-3-5-12)16(21)11-26-27(24,25)14-8-6-13(7-9-14)20(22)23/h1-9,15-16,21H,10-11H2. The molecule has 0 aliphatic rings.